The Hall–Kier alpha value is -1.33. The van der Waals surface area contributed by atoms with E-state index in [0.29, 0.717) is 12.5 Å². The molecule has 0 aromatic heterocycles. The molecule has 1 amide bonds. The summed E-state index contributed by atoms with van der Waals surface area (Å²) in [7, 11) is 0. The first-order valence-corrected chi connectivity index (χ1v) is 8.73. The number of benzene rings is 1. The second kappa shape index (κ2) is 6.84. The van der Waals surface area contributed by atoms with Crippen LogP contribution >= 0.6 is 11.8 Å². The van der Waals surface area contributed by atoms with E-state index < -0.39 is 0 Å². The van der Waals surface area contributed by atoms with Crippen LogP contribution in [0.4, 0.5) is 0 Å². The monoisotopic (exact) mass is 318 g/mol. The smallest absolute Gasteiger partial charge is 0.224 e. The maximum Gasteiger partial charge on any atom is 0.224 e. The lowest BCUT2D eigenvalue weighted by molar-refractivity contribution is -0.129. The lowest BCUT2D eigenvalue weighted by Gasteiger charge is -2.24. The minimum Gasteiger partial charge on any atom is -0.337 e. The molecule has 2 fully saturated rings. The van der Waals surface area contributed by atoms with Crippen molar-refractivity contribution < 1.29 is 9.59 Å². The average molecular weight is 318 g/mol. The molecule has 2 aliphatic heterocycles. The largest absolute Gasteiger partial charge is 0.337 e. The molecule has 0 saturated carbocycles. The van der Waals surface area contributed by atoms with Crippen LogP contribution in [0.15, 0.2) is 30.3 Å². The number of thioether (sulfide) groups is 1. The van der Waals surface area contributed by atoms with Crippen molar-refractivity contribution in [2.24, 2.45) is 0 Å². The summed E-state index contributed by atoms with van der Waals surface area (Å²) in [6.45, 7) is 5.23. The van der Waals surface area contributed by atoms with Crippen LogP contribution in [0.3, 0.4) is 0 Å². The first-order chi connectivity index (χ1) is 10.6. The van der Waals surface area contributed by atoms with Gasteiger partial charge in [0.15, 0.2) is 5.12 Å². The third-order valence-electron chi connectivity index (χ3n) is 4.39. The molecule has 118 valence electrons. The number of amides is 1. The van der Waals surface area contributed by atoms with Gasteiger partial charge in [-0.25, -0.2) is 0 Å². The highest BCUT2D eigenvalue weighted by molar-refractivity contribution is 8.14. The highest BCUT2D eigenvalue weighted by Gasteiger charge is 2.38. The lowest BCUT2D eigenvalue weighted by atomic mass is 10.2. The molecule has 2 unspecified atom stereocenters. The van der Waals surface area contributed by atoms with Gasteiger partial charge in [0.2, 0.25) is 5.91 Å². The third-order valence-corrected chi connectivity index (χ3v) is 5.37. The standard InChI is InChI=1S/C17H22N2O2S/c1-13(20)22-16-9-17(21)19(12-16)15-7-8-18(11-15)10-14-5-3-2-4-6-14/h2-6,15-16H,7-12H2,1H3. The first-order valence-electron chi connectivity index (χ1n) is 7.85. The Morgan fingerprint density at radius 2 is 2.05 bits per heavy atom. The van der Waals surface area contributed by atoms with Crippen molar-refractivity contribution in [2.75, 3.05) is 19.6 Å². The van der Waals surface area contributed by atoms with E-state index in [1.54, 1.807) is 6.92 Å². The SMILES string of the molecule is CC(=O)SC1CC(=O)N(C2CCN(Cc3ccccc3)C2)C1. The molecule has 0 spiro atoms. The van der Waals surface area contributed by atoms with Gasteiger partial charge in [0.05, 0.1) is 0 Å². The molecule has 0 bridgehead atoms. The summed E-state index contributed by atoms with van der Waals surface area (Å²) in [5.74, 6) is 0.213. The van der Waals surface area contributed by atoms with Gasteiger partial charge in [-0.15, -0.1) is 0 Å². The minimum atomic E-state index is 0.108. The number of nitrogens with zero attached hydrogens (tertiary/aromatic N) is 2. The molecule has 0 aliphatic carbocycles. The van der Waals surface area contributed by atoms with E-state index in [4.69, 9.17) is 0 Å². The summed E-state index contributed by atoms with van der Waals surface area (Å²) in [5.41, 5.74) is 1.32. The lowest BCUT2D eigenvalue weighted by Crippen LogP contribution is -2.38. The maximum atomic E-state index is 12.2. The average Bonchev–Trinajstić information content (AvgIpc) is 3.06. The zero-order valence-corrected chi connectivity index (χ0v) is 13.7. The molecule has 1 aromatic carbocycles. The van der Waals surface area contributed by atoms with Crippen LogP contribution in [0.1, 0.15) is 25.3 Å². The molecular formula is C17H22N2O2S. The quantitative estimate of drug-likeness (QED) is 0.853. The van der Waals surface area contributed by atoms with Gasteiger partial charge in [0, 0.05) is 50.8 Å². The third kappa shape index (κ3) is 3.70. The van der Waals surface area contributed by atoms with E-state index in [9.17, 15) is 9.59 Å². The Kier molecular flexibility index (Phi) is 4.84. The van der Waals surface area contributed by atoms with Crippen molar-refractivity contribution in [2.45, 2.75) is 37.6 Å². The van der Waals surface area contributed by atoms with Gasteiger partial charge < -0.3 is 4.90 Å². The van der Waals surface area contributed by atoms with E-state index in [-0.39, 0.29) is 16.3 Å². The Morgan fingerprint density at radius 3 is 2.77 bits per heavy atom. The number of hydrogen-bond acceptors (Lipinski definition) is 4. The molecule has 4 nitrogen and oxygen atoms in total. The summed E-state index contributed by atoms with van der Waals surface area (Å²) in [5, 5.41) is 0.255. The predicted molar refractivity (Wildman–Crippen MR) is 88.5 cm³/mol. The Labute approximate surface area is 135 Å². The van der Waals surface area contributed by atoms with Crippen LogP contribution in [0.2, 0.25) is 0 Å². The van der Waals surface area contributed by atoms with Crippen LogP contribution in [-0.2, 0) is 16.1 Å². The zero-order chi connectivity index (χ0) is 15.5. The fourth-order valence-electron chi connectivity index (χ4n) is 3.42. The topological polar surface area (TPSA) is 40.6 Å². The van der Waals surface area contributed by atoms with Gasteiger partial charge in [0.25, 0.3) is 0 Å². The molecular weight excluding hydrogens is 296 g/mol. The molecule has 2 heterocycles. The summed E-state index contributed by atoms with van der Waals surface area (Å²) in [6, 6.07) is 10.8. The number of carbonyl (C=O) groups is 2. The zero-order valence-electron chi connectivity index (χ0n) is 12.9. The van der Waals surface area contributed by atoms with E-state index >= 15 is 0 Å². The van der Waals surface area contributed by atoms with Gasteiger partial charge in [-0.05, 0) is 12.0 Å². The summed E-state index contributed by atoms with van der Waals surface area (Å²) >= 11 is 1.32. The summed E-state index contributed by atoms with van der Waals surface area (Å²) < 4.78 is 0. The van der Waals surface area contributed by atoms with Gasteiger partial charge in [0.1, 0.15) is 0 Å². The molecule has 0 radical (unpaired) electrons. The van der Waals surface area contributed by atoms with E-state index in [1.807, 2.05) is 11.0 Å². The van der Waals surface area contributed by atoms with E-state index in [0.717, 1.165) is 32.6 Å². The molecule has 3 rings (SSSR count). The Bertz CT molecular complexity index is 549. The Morgan fingerprint density at radius 1 is 1.27 bits per heavy atom. The van der Waals surface area contributed by atoms with Gasteiger partial charge in [-0.3, -0.25) is 14.5 Å². The number of hydrogen-bond donors (Lipinski definition) is 0. The fourth-order valence-corrected chi connectivity index (χ4v) is 4.35. The molecule has 0 N–H and O–H groups in total. The van der Waals surface area contributed by atoms with Crippen molar-refractivity contribution >= 4 is 22.8 Å². The molecule has 1 aromatic rings. The van der Waals surface area contributed by atoms with E-state index in [2.05, 4.69) is 29.2 Å². The highest BCUT2D eigenvalue weighted by atomic mass is 32.2. The highest BCUT2D eigenvalue weighted by Crippen LogP contribution is 2.28. The molecule has 2 aliphatic rings. The molecule has 22 heavy (non-hydrogen) atoms. The van der Waals surface area contributed by atoms with Gasteiger partial charge in [-0.2, -0.15) is 0 Å². The molecule has 2 atom stereocenters. The first kappa shape index (κ1) is 15.6. The summed E-state index contributed by atoms with van der Waals surface area (Å²) in [4.78, 5) is 27.8. The minimum absolute atomic E-state index is 0.108. The van der Waals surface area contributed by atoms with Gasteiger partial charge in [-0.1, -0.05) is 42.1 Å². The van der Waals surface area contributed by atoms with Crippen molar-refractivity contribution in [1.82, 2.24) is 9.80 Å². The number of rotatable bonds is 4. The predicted octanol–water partition coefficient (Wildman–Crippen LogP) is 2.14. The van der Waals surface area contributed by atoms with Gasteiger partial charge >= 0.3 is 0 Å². The van der Waals surface area contributed by atoms with Crippen molar-refractivity contribution in [3.63, 3.8) is 0 Å². The number of carbonyl (C=O) groups excluding carboxylic acids is 2. The molecule has 5 heteroatoms. The second-order valence-electron chi connectivity index (χ2n) is 6.14. The molecule has 2 saturated heterocycles. The van der Waals surface area contributed by atoms with Crippen LogP contribution in [-0.4, -0.2) is 51.7 Å². The normalized spacial score (nSPS) is 25.9. The maximum absolute atomic E-state index is 12.2. The van der Waals surface area contributed by atoms with Crippen LogP contribution in [0.5, 0.6) is 0 Å². The number of likely N-dealkylation sites (tertiary alicyclic amines) is 2. The Balaban J connectivity index is 1.54. The van der Waals surface area contributed by atoms with Crippen LogP contribution < -0.4 is 0 Å². The fraction of sp³-hybridized carbons (Fsp3) is 0.529. The second-order valence-corrected chi connectivity index (χ2v) is 7.62. The van der Waals surface area contributed by atoms with Crippen molar-refractivity contribution in [1.29, 1.82) is 0 Å². The van der Waals surface area contributed by atoms with E-state index in [1.165, 1.54) is 17.3 Å². The van der Waals surface area contributed by atoms with Crippen LogP contribution in [0, 0.1) is 0 Å². The van der Waals surface area contributed by atoms with Crippen molar-refractivity contribution in [3.8, 4) is 0 Å². The van der Waals surface area contributed by atoms with Crippen LogP contribution in [0.25, 0.3) is 0 Å². The summed E-state index contributed by atoms with van der Waals surface area (Å²) in [6.07, 6.45) is 1.55. The van der Waals surface area contributed by atoms with Crippen molar-refractivity contribution in [3.05, 3.63) is 35.9 Å².